The molecule has 0 aliphatic carbocycles. The third-order valence-electron chi connectivity index (χ3n) is 3.14. The highest BCUT2D eigenvalue weighted by molar-refractivity contribution is 5.72. The molecule has 1 aliphatic heterocycles. The van der Waals surface area contributed by atoms with Crippen molar-refractivity contribution in [3.05, 3.63) is 39.9 Å². The van der Waals surface area contributed by atoms with E-state index >= 15 is 0 Å². The second kappa shape index (κ2) is 4.18. The summed E-state index contributed by atoms with van der Waals surface area (Å²) >= 11 is 0. The summed E-state index contributed by atoms with van der Waals surface area (Å²) in [6.07, 6.45) is 0. The Morgan fingerprint density at radius 3 is 2.85 bits per heavy atom. The van der Waals surface area contributed by atoms with E-state index in [-0.39, 0.29) is 5.95 Å². The topological polar surface area (TPSA) is 96.7 Å². The van der Waals surface area contributed by atoms with Crippen molar-refractivity contribution in [1.29, 1.82) is 0 Å². The van der Waals surface area contributed by atoms with Gasteiger partial charge in [-0.1, -0.05) is 11.6 Å². The molecule has 3 rings (SSSR count). The molecule has 0 radical (unpaired) electrons. The normalized spacial score (nSPS) is 14.6. The van der Waals surface area contributed by atoms with Gasteiger partial charge in [-0.3, -0.25) is 0 Å². The standard InChI is InChI=1S/C13H12N6O/c1-7-4-5-9-8(6-7)10-11(13(2,3)20-9)15-12(17-16-10)18-19-14/h4-6H,1-3H3. The Hall–Kier alpha value is -2.66. The van der Waals surface area contributed by atoms with Gasteiger partial charge in [-0.05, 0) is 43.5 Å². The Kier molecular flexibility index (Phi) is 2.59. The van der Waals surface area contributed by atoms with Crippen molar-refractivity contribution in [2.24, 2.45) is 5.11 Å². The van der Waals surface area contributed by atoms with Gasteiger partial charge < -0.3 is 4.74 Å². The minimum Gasteiger partial charge on any atom is -0.481 e. The molecule has 0 atom stereocenters. The van der Waals surface area contributed by atoms with Gasteiger partial charge in [0.25, 0.3) is 0 Å². The summed E-state index contributed by atoms with van der Waals surface area (Å²) in [5.41, 5.74) is 11.0. The molecule has 1 aliphatic rings. The van der Waals surface area contributed by atoms with Gasteiger partial charge in [0.15, 0.2) is 0 Å². The molecule has 7 nitrogen and oxygen atoms in total. The van der Waals surface area contributed by atoms with E-state index in [4.69, 9.17) is 10.3 Å². The molecule has 0 spiro atoms. The van der Waals surface area contributed by atoms with Crippen molar-refractivity contribution >= 4 is 5.95 Å². The summed E-state index contributed by atoms with van der Waals surface area (Å²) in [6, 6.07) is 5.88. The molecular formula is C13H12N6O. The minimum atomic E-state index is -0.659. The number of aryl methyl sites for hydroxylation is 1. The summed E-state index contributed by atoms with van der Waals surface area (Å²) in [4.78, 5) is 6.95. The molecule has 20 heavy (non-hydrogen) atoms. The molecular weight excluding hydrogens is 256 g/mol. The van der Waals surface area contributed by atoms with Crippen LogP contribution in [-0.4, -0.2) is 15.2 Å². The number of ether oxygens (including phenoxy) is 1. The lowest BCUT2D eigenvalue weighted by atomic mass is 9.94. The molecule has 1 aromatic carbocycles. The van der Waals surface area contributed by atoms with Crippen molar-refractivity contribution in [3.63, 3.8) is 0 Å². The third-order valence-corrected chi connectivity index (χ3v) is 3.14. The maximum atomic E-state index is 8.47. The van der Waals surface area contributed by atoms with Crippen molar-refractivity contribution in [2.75, 3.05) is 0 Å². The zero-order chi connectivity index (χ0) is 14.3. The van der Waals surface area contributed by atoms with E-state index in [9.17, 15) is 0 Å². The highest BCUT2D eigenvalue weighted by Crippen LogP contribution is 2.43. The van der Waals surface area contributed by atoms with Gasteiger partial charge in [0.1, 0.15) is 22.7 Å². The lowest BCUT2D eigenvalue weighted by Crippen LogP contribution is -2.31. The number of benzene rings is 1. The predicted molar refractivity (Wildman–Crippen MR) is 72.5 cm³/mol. The van der Waals surface area contributed by atoms with Gasteiger partial charge in [-0.15, -0.1) is 10.2 Å². The van der Waals surface area contributed by atoms with Gasteiger partial charge in [0.05, 0.1) is 0 Å². The highest BCUT2D eigenvalue weighted by Gasteiger charge is 2.35. The van der Waals surface area contributed by atoms with Crippen LogP contribution in [0.2, 0.25) is 0 Å². The third kappa shape index (κ3) is 1.85. The molecule has 2 heterocycles. The Balaban J connectivity index is 2.29. The van der Waals surface area contributed by atoms with Gasteiger partial charge in [0.2, 0.25) is 5.95 Å². The Morgan fingerprint density at radius 2 is 2.10 bits per heavy atom. The Bertz CT molecular complexity index is 749. The number of azide groups is 1. The van der Waals surface area contributed by atoms with Crippen LogP contribution in [0.4, 0.5) is 5.95 Å². The molecule has 7 heteroatoms. The number of hydrogen-bond acceptors (Lipinski definition) is 5. The van der Waals surface area contributed by atoms with Gasteiger partial charge in [0, 0.05) is 10.5 Å². The van der Waals surface area contributed by atoms with Crippen LogP contribution in [0, 0.1) is 6.92 Å². The lowest BCUT2D eigenvalue weighted by molar-refractivity contribution is 0.0996. The fourth-order valence-corrected chi connectivity index (χ4v) is 2.24. The first-order valence-electron chi connectivity index (χ1n) is 6.11. The zero-order valence-corrected chi connectivity index (χ0v) is 11.3. The summed E-state index contributed by atoms with van der Waals surface area (Å²) in [7, 11) is 0. The van der Waals surface area contributed by atoms with Gasteiger partial charge in [-0.2, -0.15) is 0 Å². The molecule has 0 saturated carbocycles. The number of aromatic nitrogens is 3. The van der Waals surface area contributed by atoms with Crippen molar-refractivity contribution < 1.29 is 4.74 Å². The predicted octanol–water partition coefficient (Wildman–Crippen LogP) is 3.42. The Labute approximate surface area is 115 Å². The molecule has 0 amide bonds. The second-order valence-corrected chi connectivity index (χ2v) is 5.11. The Morgan fingerprint density at radius 1 is 1.30 bits per heavy atom. The summed E-state index contributed by atoms with van der Waals surface area (Å²) < 4.78 is 5.97. The molecule has 0 bridgehead atoms. The maximum absolute atomic E-state index is 8.47. The average Bonchev–Trinajstić information content (AvgIpc) is 2.40. The van der Waals surface area contributed by atoms with Crippen LogP contribution < -0.4 is 4.74 Å². The molecule has 0 unspecified atom stereocenters. The fourth-order valence-electron chi connectivity index (χ4n) is 2.24. The molecule has 0 fully saturated rings. The molecule has 0 N–H and O–H groups in total. The number of rotatable bonds is 1. The number of fused-ring (bicyclic) bond motifs is 3. The average molecular weight is 268 g/mol. The van der Waals surface area contributed by atoms with Gasteiger partial charge in [-0.25, -0.2) is 4.98 Å². The first kappa shape index (κ1) is 12.4. The molecule has 1 aromatic heterocycles. The van der Waals surface area contributed by atoms with Crippen LogP contribution in [0.25, 0.3) is 21.7 Å². The fraction of sp³-hybridized carbons (Fsp3) is 0.308. The lowest BCUT2D eigenvalue weighted by Gasteiger charge is -2.32. The summed E-state index contributed by atoms with van der Waals surface area (Å²) in [6.45, 7) is 5.78. The first-order chi connectivity index (χ1) is 9.51. The monoisotopic (exact) mass is 268 g/mol. The highest BCUT2D eigenvalue weighted by atomic mass is 16.5. The minimum absolute atomic E-state index is 0.000900. The van der Waals surface area contributed by atoms with Gasteiger partial charge >= 0.3 is 0 Å². The smallest absolute Gasteiger partial charge is 0.238 e. The van der Waals surface area contributed by atoms with Crippen LogP contribution in [0.5, 0.6) is 5.75 Å². The van der Waals surface area contributed by atoms with Crippen LogP contribution in [0.15, 0.2) is 23.3 Å². The van der Waals surface area contributed by atoms with E-state index in [2.05, 4.69) is 25.2 Å². The largest absolute Gasteiger partial charge is 0.481 e. The quantitative estimate of drug-likeness (QED) is 0.449. The second-order valence-electron chi connectivity index (χ2n) is 5.11. The zero-order valence-electron chi connectivity index (χ0n) is 11.3. The van der Waals surface area contributed by atoms with Crippen LogP contribution in [0.1, 0.15) is 25.1 Å². The van der Waals surface area contributed by atoms with Crippen LogP contribution >= 0.6 is 0 Å². The molecule has 100 valence electrons. The van der Waals surface area contributed by atoms with E-state index in [0.717, 1.165) is 16.9 Å². The van der Waals surface area contributed by atoms with E-state index in [1.807, 2.05) is 39.0 Å². The molecule has 2 aromatic rings. The summed E-state index contributed by atoms with van der Waals surface area (Å²) in [5, 5.41) is 11.4. The van der Waals surface area contributed by atoms with E-state index in [1.165, 1.54) is 0 Å². The van der Waals surface area contributed by atoms with Crippen molar-refractivity contribution in [2.45, 2.75) is 26.4 Å². The number of nitrogens with zero attached hydrogens (tertiary/aromatic N) is 6. The van der Waals surface area contributed by atoms with E-state index < -0.39 is 5.60 Å². The number of hydrogen-bond donors (Lipinski definition) is 0. The van der Waals surface area contributed by atoms with Crippen LogP contribution in [0.3, 0.4) is 0 Å². The van der Waals surface area contributed by atoms with E-state index in [1.54, 1.807) is 0 Å². The van der Waals surface area contributed by atoms with Crippen molar-refractivity contribution in [3.8, 4) is 17.0 Å². The molecule has 0 saturated heterocycles. The van der Waals surface area contributed by atoms with Crippen LogP contribution in [-0.2, 0) is 5.60 Å². The SMILES string of the molecule is Cc1ccc2c(c1)-c1nnc(N=[N+]=[N-])nc1C(C)(C)O2. The first-order valence-corrected chi connectivity index (χ1v) is 6.11. The van der Waals surface area contributed by atoms with Crippen molar-refractivity contribution in [1.82, 2.24) is 15.2 Å². The van der Waals surface area contributed by atoms with E-state index in [0.29, 0.717) is 11.4 Å². The maximum Gasteiger partial charge on any atom is 0.238 e. The summed E-state index contributed by atoms with van der Waals surface area (Å²) in [5.74, 6) is 0.750.